The molecule has 10 heteroatoms. The van der Waals surface area contributed by atoms with Gasteiger partial charge in [-0.25, -0.2) is 0 Å². The lowest BCUT2D eigenvalue weighted by Crippen LogP contribution is -2.38. The zero-order chi connectivity index (χ0) is 21.2. The Labute approximate surface area is 168 Å². The van der Waals surface area contributed by atoms with Gasteiger partial charge in [0.25, 0.3) is 5.91 Å². The van der Waals surface area contributed by atoms with Gasteiger partial charge in [-0.2, -0.15) is 13.2 Å². The van der Waals surface area contributed by atoms with Crippen LogP contribution in [-0.4, -0.2) is 40.0 Å². The third-order valence-electron chi connectivity index (χ3n) is 4.40. The van der Waals surface area contributed by atoms with Crippen LogP contribution in [0.25, 0.3) is 0 Å². The summed E-state index contributed by atoms with van der Waals surface area (Å²) in [7, 11) is 0. The monoisotopic (exact) mass is 426 g/mol. The van der Waals surface area contributed by atoms with Gasteiger partial charge in [0.05, 0.1) is 10.5 Å². The molecule has 0 bridgehead atoms. The number of nitrogens with zero attached hydrogens (tertiary/aromatic N) is 2. The van der Waals surface area contributed by atoms with E-state index in [1.807, 2.05) is 0 Å². The largest absolute Gasteiger partial charge is 0.484 e. The number of nitro benzene ring substituents is 1. The van der Waals surface area contributed by atoms with Crippen molar-refractivity contribution in [2.45, 2.75) is 18.5 Å². The molecule has 1 atom stereocenters. The van der Waals surface area contributed by atoms with Crippen LogP contribution in [0.15, 0.2) is 42.5 Å². The zero-order valence-electron chi connectivity index (χ0n) is 15.3. The maximum Gasteiger partial charge on any atom is 0.416 e. The number of thioether (sulfide) groups is 1. The van der Waals surface area contributed by atoms with E-state index in [4.69, 9.17) is 4.74 Å². The van der Waals surface area contributed by atoms with E-state index >= 15 is 0 Å². The van der Waals surface area contributed by atoms with E-state index in [1.54, 1.807) is 13.0 Å². The Morgan fingerprint density at radius 1 is 1.28 bits per heavy atom. The fourth-order valence-electron chi connectivity index (χ4n) is 2.91. The molecule has 1 fully saturated rings. The molecule has 0 aliphatic carbocycles. The number of hydrogen-bond donors (Lipinski definition) is 0. The van der Waals surface area contributed by atoms with E-state index in [2.05, 4.69) is 0 Å². The van der Waals surface area contributed by atoms with Gasteiger partial charge in [0, 0.05) is 23.9 Å². The molecule has 1 saturated heterocycles. The molecule has 0 radical (unpaired) electrons. The van der Waals surface area contributed by atoms with Crippen molar-refractivity contribution >= 4 is 23.4 Å². The lowest BCUT2D eigenvalue weighted by molar-refractivity contribution is -0.385. The van der Waals surface area contributed by atoms with Crippen molar-refractivity contribution in [3.63, 3.8) is 0 Å². The van der Waals surface area contributed by atoms with Crippen LogP contribution in [0.2, 0.25) is 0 Å². The van der Waals surface area contributed by atoms with Gasteiger partial charge in [-0.3, -0.25) is 14.9 Å². The quantitative estimate of drug-likeness (QED) is 0.519. The molecule has 0 saturated carbocycles. The number of ether oxygens (including phenoxy) is 1. The number of rotatable bonds is 5. The van der Waals surface area contributed by atoms with Crippen molar-refractivity contribution in [1.29, 1.82) is 0 Å². The number of amides is 1. The van der Waals surface area contributed by atoms with E-state index in [0.29, 0.717) is 12.3 Å². The van der Waals surface area contributed by atoms with Crippen molar-refractivity contribution in [2.24, 2.45) is 0 Å². The summed E-state index contributed by atoms with van der Waals surface area (Å²) < 4.78 is 43.7. The van der Waals surface area contributed by atoms with Crippen LogP contribution >= 0.6 is 11.8 Å². The van der Waals surface area contributed by atoms with Crippen LogP contribution in [0.5, 0.6) is 5.75 Å². The number of carbonyl (C=O) groups excluding carboxylic acids is 1. The molecule has 1 aliphatic heterocycles. The Hall–Kier alpha value is -2.75. The highest BCUT2D eigenvalue weighted by atomic mass is 32.2. The van der Waals surface area contributed by atoms with E-state index in [1.165, 1.54) is 28.8 Å². The third-order valence-corrected chi connectivity index (χ3v) is 5.60. The molecule has 1 aliphatic rings. The van der Waals surface area contributed by atoms with Gasteiger partial charge < -0.3 is 9.64 Å². The molecule has 2 aromatic carbocycles. The minimum Gasteiger partial charge on any atom is -0.484 e. The van der Waals surface area contributed by atoms with Crippen molar-refractivity contribution < 1.29 is 27.6 Å². The van der Waals surface area contributed by atoms with Gasteiger partial charge in [-0.1, -0.05) is 6.07 Å². The fourth-order valence-corrected chi connectivity index (χ4v) is 4.03. The highest BCUT2D eigenvalue weighted by molar-refractivity contribution is 8.00. The maximum atomic E-state index is 12.7. The van der Waals surface area contributed by atoms with Crippen LogP contribution in [0.4, 0.5) is 18.9 Å². The Balaban J connectivity index is 1.70. The Bertz CT molecular complexity index is 919. The Morgan fingerprint density at radius 3 is 2.59 bits per heavy atom. The number of halogens is 3. The normalized spacial score (nSPS) is 16.7. The van der Waals surface area contributed by atoms with Crippen LogP contribution in [0, 0.1) is 17.0 Å². The summed E-state index contributed by atoms with van der Waals surface area (Å²) in [5, 5.41) is 10.8. The number of nitro groups is 1. The molecular weight excluding hydrogens is 409 g/mol. The highest BCUT2D eigenvalue weighted by Crippen LogP contribution is 2.32. The Morgan fingerprint density at radius 2 is 1.97 bits per heavy atom. The third kappa shape index (κ3) is 4.81. The number of alkyl halides is 3. The topological polar surface area (TPSA) is 72.7 Å². The van der Waals surface area contributed by atoms with Crippen molar-refractivity contribution in [2.75, 3.05) is 18.9 Å². The molecule has 2 aromatic rings. The van der Waals surface area contributed by atoms with Gasteiger partial charge in [0.1, 0.15) is 12.0 Å². The van der Waals surface area contributed by atoms with Crippen molar-refractivity contribution in [3.8, 4) is 5.75 Å². The van der Waals surface area contributed by atoms with E-state index in [0.717, 1.165) is 29.8 Å². The molecule has 0 aromatic heterocycles. The van der Waals surface area contributed by atoms with Gasteiger partial charge in [-0.15, -0.1) is 11.8 Å². The summed E-state index contributed by atoms with van der Waals surface area (Å²) in [5.74, 6) is 0.335. The molecule has 29 heavy (non-hydrogen) atoms. The van der Waals surface area contributed by atoms with Crippen LogP contribution in [0.3, 0.4) is 0 Å². The molecule has 0 spiro atoms. The van der Waals surface area contributed by atoms with E-state index in [9.17, 15) is 28.1 Å². The minimum atomic E-state index is -4.47. The van der Waals surface area contributed by atoms with Crippen molar-refractivity contribution in [3.05, 3.63) is 69.3 Å². The smallest absolute Gasteiger partial charge is 0.416 e. The Kier molecular flexibility index (Phi) is 6.02. The predicted molar refractivity (Wildman–Crippen MR) is 102 cm³/mol. The second-order valence-corrected chi connectivity index (χ2v) is 7.72. The van der Waals surface area contributed by atoms with Gasteiger partial charge >= 0.3 is 11.9 Å². The first kappa shape index (κ1) is 21.0. The molecule has 0 unspecified atom stereocenters. The predicted octanol–water partition coefficient (Wildman–Crippen LogP) is 4.52. The summed E-state index contributed by atoms with van der Waals surface area (Å²) in [6, 6.07) is 8.65. The van der Waals surface area contributed by atoms with Crippen LogP contribution in [-0.2, 0) is 6.18 Å². The SMILES string of the molecule is Cc1ccc(OC[C@H]2SCCN2C(=O)c2ccc(C(F)(F)F)cc2)c([N+](=O)[O-])c1. The molecule has 1 heterocycles. The second kappa shape index (κ2) is 8.32. The van der Waals surface area contributed by atoms with E-state index < -0.39 is 27.9 Å². The molecule has 1 amide bonds. The van der Waals surface area contributed by atoms with Crippen molar-refractivity contribution in [1.82, 2.24) is 4.90 Å². The number of carbonyl (C=O) groups is 1. The summed E-state index contributed by atoms with van der Waals surface area (Å²) in [6.07, 6.45) is -4.47. The molecule has 6 nitrogen and oxygen atoms in total. The minimum absolute atomic E-state index is 0.0287. The number of hydrogen-bond acceptors (Lipinski definition) is 5. The van der Waals surface area contributed by atoms with Gasteiger partial charge in [0.15, 0.2) is 5.75 Å². The van der Waals surface area contributed by atoms with Gasteiger partial charge in [0.2, 0.25) is 0 Å². The van der Waals surface area contributed by atoms with Gasteiger partial charge in [-0.05, 0) is 42.8 Å². The summed E-state index contributed by atoms with van der Waals surface area (Å²) in [5.41, 5.74) is -0.116. The molecular formula is C19H17F3N2O4S. The number of aryl methyl sites for hydroxylation is 1. The average Bonchev–Trinajstić information content (AvgIpc) is 3.14. The summed E-state index contributed by atoms with van der Waals surface area (Å²) in [6.45, 7) is 2.17. The average molecular weight is 426 g/mol. The lowest BCUT2D eigenvalue weighted by Gasteiger charge is -2.24. The fraction of sp³-hybridized carbons (Fsp3) is 0.316. The van der Waals surface area contributed by atoms with Crippen LogP contribution < -0.4 is 4.74 Å². The maximum absolute atomic E-state index is 12.7. The molecule has 154 valence electrons. The standard InChI is InChI=1S/C19H17F3N2O4S/c1-12-2-7-16(15(10-12)24(26)27)28-11-17-23(8-9-29-17)18(25)13-3-5-14(6-4-13)19(20,21)22/h2-7,10,17H,8-9,11H2,1H3/t17-/m1/s1. The summed E-state index contributed by atoms with van der Waals surface area (Å²) in [4.78, 5) is 24.9. The molecule has 3 rings (SSSR count). The zero-order valence-corrected chi connectivity index (χ0v) is 16.1. The number of benzene rings is 2. The lowest BCUT2D eigenvalue weighted by atomic mass is 10.1. The first-order valence-corrected chi connectivity index (χ1v) is 9.69. The summed E-state index contributed by atoms with van der Waals surface area (Å²) >= 11 is 1.45. The van der Waals surface area contributed by atoms with E-state index in [-0.39, 0.29) is 23.6 Å². The molecule has 0 N–H and O–H groups in total. The van der Waals surface area contributed by atoms with Crippen LogP contribution in [0.1, 0.15) is 21.5 Å². The second-order valence-electron chi connectivity index (χ2n) is 6.44. The first-order valence-electron chi connectivity index (χ1n) is 8.64. The first-order chi connectivity index (χ1) is 13.7. The highest BCUT2D eigenvalue weighted by Gasteiger charge is 2.33.